The Morgan fingerprint density at radius 1 is 0.885 bits per heavy atom. The molecule has 0 radical (unpaired) electrons. The van der Waals surface area contributed by atoms with Crippen LogP contribution in [0.15, 0.2) is 24.3 Å². The van der Waals surface area contributed by atoms with Crippen LogP contribution in [0.5, 0.6) is 5.75 Å². The average Bonchev–Trinajstić information content (AvgIpc) is 2.65. The Balaban J connectivity index is 3.12. The Morgan fingerprint density at radius 3 is 1.77 bits per heavy atom. The molecular formula is C17H21NO8. The molecule has 9 nitrogen and oxygen atoms in total. The number of amides is 1. The van der Waals surface area contributed by atoms with Crippen molar-refractivity contribution in [2.45, 2.75) is 13.0 Å². The van der Waals surface area contributed by atoms with Crippen LogP contribution in [0.3, 0.4) is 0 Å². The molecule has 0 spiro atoms. The van der Waals surface area contributed by atoms with Crippen LogP contribution in [0.2, 0.25) is 0 Å². The summed E-state index contributed by atoms with van der Waals surface area (Å²) < 4.78 is 13.8. The van der Waals surface area contributed by atoms with Gasteiger partial charge in [0.25, 0.3) is 5.91 Å². The first kappa shape index (κ1) is 20.9. The van der Waals surface area contributed by atoms with Gasteiger partial charge in [-0.15, -0.1) is 0 Å². The first-order valence-corrected chi connectivity index (χ1v) is 7.60. The summed E-state index contributed by atoms with van der Waals surface area (Å²) in [5, 5.41) is 11.7. The Hall–Kier alpha value is -3.10. The zero-order valence-corrected chi connectivity index (χ0v) is 14.8. The van der Waals surface area contributed by atoms with Gasteiger partial charge in [-0.25, -0.2) is 4.79 Å². The molecule has 0 heterocycles. The number of phenolic OH excluding ortho intramolecular Hbond substituents is 1. The fraction of sp³-hybridized carbons (Fsp3) is 0.412. The van der Waals surface area contributed by atoms with E-state index in [4.69, 9.17) is 0 Å². The lowest BCUT2D eigenvalue weighted by Gasteiger charge is -2.27. The van der Waals surface area contributed by atoms with Crippen molar-refractivity contribution in [1.82, 2.24) is 5.32 Å². The maximum absolute atomic E-state index is 12.4. The van der Waals surface area contributed by atoms with Gasteiger partial charge in [-0.3, -0.25) is 14.4 Å². The summed E-state index contributed by atoms with van der Waals surface area (Å²) >= 11 is 0. The Morgan fingerprint density at radius 2 is 1.35 bits per heavy atom. The van der Waals surface area contributed by atoms with Gasteiger partial charge in [0.1, 0.15) is 11.8 Å². The molecule has 2 N–H and O–H groups in total. The predicted octanol–water partition coefficient (Wildman–Crippen LogP) is 0.262. The number of carbonyl (C=O) groups excluding carboxylic acids is 4. The lowest BCUT2D eigenvalue weighted by atomic mass is 9.87. The van der Waals surface area contributed by atoms with Crippen molar-refractivity contribution in [3.05, 3.63) is 29.8 Å². The minimum absolute atomic E-state index is 0.0316. The molecule has 1 rings (SSSR count). The lowest BCUT2D eigenvalue weighted by Crippen LogP contribution is -2.51. The van der Waals surface area contributed by atoms with Crippen molar-refractivity contribution in [2.24, 2.45) is 11.8 Å². The fourth-order valence-corrected chi connectivity index (χ4v) is 2.34. The van der Waals surface area contributed by atoms with Gasteiger partial charge in [0.15, 0.2) is 5.92 Å². The largest absolute Gasteiger partial charge is 0.508 e. The SMILES string of the molecule is COC(=O)C(C(=O)OC)[C@@H](C)[C@H](NC(=O)c1ccc(O)cc1)C(=O)OC. The van der Waals surface area contributed by atoms with Crippen molar-refractivity contribution in [1.29, 1.82) is 0 Å². The second-order valence-electron chi connectivity index (χ2n) is 5.40. The predicted molar refractivity (Wildman–Crippen MR) is 88.1 cm³/mol. The van der Waals surface area contributed by atoms with Crippen LogP contribution >= 0.6 is 0 Å². The summed E-state index contributed by atoms with van der Waals surface area (Å²) in [6.07, 6.45) is 0. The van der Waals surface area contributed by atoms with Crippen LogP contribution < -0.4 is 5.32 Å². The Labute approximate surface area is 150 Å². The molecule has 0 aromatic heterocycles. The summed E-state index contributed by atoms with van der Waals surface area (Å²) in [6, 6.07) is 3.99. The number of benzene rings is 1. The van der Waals surface area contributed by atoms with Crippen molar-refractivity contribution in [2.75, 3.05) is 21.3 Å². The number of carbonyl (C=O) groups is 4. The molecule has 1 aromatic carbocycles. The fourth-order valence-electron chi connectivity index (χ4n) is 2.34. The van der Waals surface area contributed by atoms with Gasteiger partial charge in [-0.1, -0.05) is 6.92 Å². The third kappa shape index (κ3) is 4.95. The number of hydrogen-bond donors (Lipinski definition) is 2. The van der Waals surface area contributed by atoms with Crippen LogP contribution in [-0.2, 0) is 28.6 Å². The zero-order valence-electron chi connectivity index (χ0n) is 14.8. The van der Waals surface area contributed by atoms with E-state index >= 15 is 0 Å². The highest BCUT2D eigenvalue weighted by molar-refractivity contribution is 5.99. The van der Waals surface area contributed by atoms with E-state index in [1.54, 1.807) is 0 Å². The number of methoxy groups -OCH3 is 3. The maximum Gasteiger partial charge on any atom is 0.328 e. The van der Waals surface area contributed by atoms with Gasteiger partial charge in [0.05, 0.1) is 21.3 Å². The van der Waals surface area contributed by atoms with Crippen LogP contribution in [0.1, 0.15) is 17.3 Å². The second-order valence-corrected chi connectivity index (χ2v) is 5.40. The smallest absolute Gasteiger partial charge is 0.328 e. The quantitative estimate of drug-likeness (QED) is 0.399. The van der Waals surface area contributed by atoms with E-state index in [2.05, 4.69) is 19.5 Å². The van der Waals surface area contributed by atoms with Gasteiger partial charge in [-0.05, 0) is 24.3 Å². The zero-order chi connectivity index (χ0) is 19.9. The number of rotatable bonds is 7. The maximum atomic E-state index is 12.4. The number of ether oxygens (including phenoxy) is 3. The Kier molecular flexibility index (Phi) is 7.57. The summed E-state index contributed by atoms with van der Waals surface area (Å²) in [5.41, 5.74) is 0.164. The van der Waals surface area contributed by atoms with E-state index in [0.717, 1.165) is 21.3 Å². The highest BCUT2D eigenvalue weighted by atomic mass is 16.5. The number of esters is 3. The van der Waals surface area contributed by atoms with Crippen molar-refractivity contribution < 1.29 is 38.5 Å². The molecule has 9 heteroatoms. The van der Waals surface area contributed by atoms with E-state index in [1.165, 1.54) is 31.2 Å². The minimum atomic E-state index is -1.44. The molecule has 142 valence electrons. The number of phenols is 1. The topological polar surface area (TPSA) is 128 Å². The molecular weight excluding hydrogens is 346 g/mol. The standard InChI is InChI=1S/C17H21NO8/c1-9(12(15(21)24-2)16(22)25-3)13(17(23)26-4)18-14(20)10-5-7-11(19)8-6-10/h5-9,12-13,19H,1-4H3,(H,18,20)/t9-,13+/m1/s1. The molecule has 1 aromatic rings. The highest BCUT2D eigenvalue weighted by Crippen LogP contribution is 2.21. The lowest BCUT2D eigenvalue weighted by molar-refractivity contribution is -0.162. The monoisotopic (exact) mass is 367 g/mol. The van der Waals surface area contributed by atoms with E-state index in [1.807, 2.05) is 0 Å². The third-order valence-electron chi connectivity index (χ3n) is 3.83. The third-order valence-corrected chi connectivity index (χ3v) is 3.83. The molecule has 0 fully saturated rings. The highest BCUT2D eigenvalue weighted by Gasteiger charge is 2.42. The molecule has 1 amide bonds. The van der Waals surface area contributed by atoms with Crippen molar-refractivity contribution in [3.63, 3.8) is 0 Å². The molecule has 0 aliphatic rings. The van der Waals surface area contributed by atoms with E-state index in [9.17, 15) is 24.3 Å². The molecule has 0 bridgehead atoms. The summed E-state index contributed by atoms with van der Waals surface area (Å²) in [5.74, 6) is -5.79. The number of aromatic hydroxyl groups is 1. The molecule has 2 atom stereocenters. The van der Waals surface area contributed by atoms with Gasteiger partial charge >= 0.3 is 17.9 Å². The van der Waals surface area contributed by atoms with Gasteiger partial charge in [0.2, 0.25) is 0 Å². The van der Waals surface area contributed by atoms with Gasteiger partial charge in [-0.2, -0.15) is 0 Å². The van der Waals surface area contributed by atoms with Crippen LogP contribution in [-0.4, -0.2) is 56.3 Å². The van der Waals surface area contributed by atoms with Crippen molar-refractivity contribution >= 4 is 23.8 Å². The summed E-state index contributed by atoms with van der Waals surface area (Å²) in [4.78, 5) is 48.4. The molecule has 0 aliphatic heterocycles. The van der Waals surface area contributed by atoms with E-state index in [0.29, 0.717) is 0 Å². The van der Waals surface area contributed by atoms with Crippen LogP contribution in [0, 0.1) is 11.8 Å². The number of hydrogen-bond acceptors (Lipinski definition) is 8. The molecule has 0 aliphatic carbocycles. The van der Waals surface area contributed by atoms with E-state index in [-0.39, 0.29) is 11.3 Å². The van der Waals surface area contributed by atoms with Gasteiger partial charge < -0.3 is 24.6 Å². The molecule has 26 heavy (non-hydrogen) atoms. The van der Waals surface area contributed by atoms with Crippen LogP contribution in [0.4, 0.5) is 0 Å². The first-order valence-electron chi connectivity index (χ1n) is 7.60. The van der Waals surface area contributed by atoms with Crippen molar-refractivity contribution in [3.8, 4) is 5.75 Å². The molecule has 0 saturated carbocycles. The summed E-state index contributed by atoms with van der Waals surface area (Å²) in [7, 11) is 3.29. The Bertz CT molecular complexity index is 654. The average molecular weight is 367 g/mol. The minimum Gasteiger partial charge on any atom is -0.508 e. The van der Waals surface area contributed by atoms with E-state index < -0.39 is 41.7 Å². The first-order chi connectivity index (χ1) is 12.3. The summed E-state index contributed by atoms with van der Waals surface area (Å²) in [6.45, 7) is 1.41. The normalized spacial score (nSPS) is 12.7. The van der Waals surface area contributed by atoms with Crippen LogP contribution in [0.25, 0.3) is 0 Å². The van der Waals surface area contributed by atoms with Gasteiger partial charge in [0, 0.05) is 11.5 Å². The second kappa shape index (κ2) is 9.40. The molecule has 0 saturated heterocycles. The molecule has 0 unspecified atom stereocenters. The number of nitrogens with one attached hydrogen (secondary N) is 1.